The number of rotatable bonds is 5. The molecule has 0 unspecified atom stereocenters. The van der Waals surface area contributed by atoms with Gasteiger partial charge in [-0.25, -0.2) is 9.78 Å². The first-order chi connectivity index (χ1) is 9.52. The molecule has 7 heteroatoms. The van der Waals surface area contributed by atoms with Crippen LogP contribution >= 0.6 is 12.2 Å². The van der Waals surface area contributed by atoms with Crippen molar-refractivity contribution in [3.05, 3.63) is 27.0 Å². The molecule has 0 fully saturated rings. The predicted octanol–water partition coefficient (Wildman–Crippen LogP) is 2.88. The Bertz CT molecular complexity index is 699. The molecule has 2 aromatic heterocycles. The van der Waals surface area contributed by atoms with E-state index in [2.05, 4.69) is 22.2 Å². The van der Waals surface area contributed by atoms with Crippen LogP contribution in [0.4, 0.5) is 0 Å². The van der Waals surface area contributed by atoms with E-state index in [4.69, 9.17) is 16.6 Å². The van der Waals surface area contributed by atoms with E-state index >= 15 is 0 Å². The third-order valence-corrected chi connectivity index (χ3v) is 3.15. The number of hydrogen-bond donors (Lipinski definition) is 1. The third-order valence-electron chi connectivity index (χ3n) is 2.98. The Balaban J connectivity index is 2.57. The normalized spacial score (nSPS) is 11.2. The van der Waals surface area contributed by atoms with Crippen molar-refractivity contribution in [2.75, 3.05) is 0 Å². The summed E-state index contributed by atoms with van der Waals surface area (Å²) in [5.74, 6) is 0.429. The average molecular weight is 294 g/mol. The van der Waals surface area contributed by atoms with Gasteiger partial charge in [0.15, 0.2) is 0 Å². The number of unbranched alkanes of at least 4 members (excludes halogenated alkanes) is 1. The first-order valence-corrected chi connectivity index (χ1v) is 7.11. The smallest absolute Gasteiger partial charge is 0.284 e. The molecule has 20 heavy (non-hydrogen) atoms. The molecule has 108 valence electrons. The van der Waals surface area contributed by atoms with Crippen molar-refractivity contribution in [3.8, 4) is 11.5 Å². The zero-order chi connectivity index (χ0) is 14.7. The van der Waals surface area contributed by atoms with E-state index in [1.165, 1.54) is 4.68 Å². The second-order valence-corrected chi connectivity index (χ2v) is 5.31. The van der Waals surface area contributed by atoms with Gasteiger partial charge in [-0.05, 0) is 30.6 Å². The Labute approximate surface area is 121 Å². The summed E-state index contributed by atoms with van der Waals surface area (Å²) < 4.78 is 6.74. The standard InChI is InChI=1S/C13H18N4O2S/c1-4-5-6-17-12(18)9(7-10(16-17)8(2)3)11-14-15-13(20)19-11/h7-8H,4-6H2,1-3H3,(H,15,20). The van der Waals surface area contributed by atoms with Crippen LogP contribution < -0.4 is 5.56 Å². The molecule has 0 saturated heterocycles. The Morgan fingerprint density at radius 1 is 1.50 bits per heavy atom. The molecule has 0 aliphatic rings. The predicted molar refractivity (Wildman–Crippen MR) is 78.2 cm³/mol. The topological polar surface area (TPSA) is 76.7 Å². The molecule has 0 spiro atoms. The van der Waals surface area contributed by atoms with Crippen molar-refractivity contribution in [1.29, 1.82) is 0 Å². The maximum atomic E-state index is 12.4. The van der Waals surface area contributed by atoms with E-state index in [9.17, 15) is 4.79 Å². The third kappa shape index (κ3) is 3.04. The van der Waals surface area contributed by atoms with Gasteiger partial charge in [0.1, 0.15) is 5.56 Å². The van der Waals surface area contributed by atoms with Gasteiger partial charge in [0.25, 0.3) is 16.3 Å². The lowest BCUT2D eigenvalue weighted by molar-refractivity contribution is 0.518. The fourth-order valence-electron chi connectivity index (χ4n) is 1.80. The summed E-state index contributed by atoms with van der Waals surface area (Å²) in [6.45, 7) is 6.72. The minimum atomic E-state index is -0.201. The van der Waals surface area contributed by atoms with Gasteiger partial charge < -0.3 is 4.42 Å². The molecular formula is C13H18N4O2S. The van der Waals surface area contributed by atoms with Gasteiger partial charge in [-0.15, -0.1) is 5.10 Å². The van der Waals surface area contributed by atoms with E-state index in [1.54, 1.807) is 6.07 Å². The Morgan fingerprint density at radius 2 is 2.25 bits per heavy atom. The van der Waals surface area contributed by atoms with Crippen molar-refractivity contribution >= 4 is 12.2 Å². The lowest BCUT2D eigenvalue weighted by atomic mass is 10.1. The minimum absolute atomic E-state index is 0.155. The summed E-state index contributed by atoms with van der Waals surface area (Å²) in [4.78, 5) is 12.6. The number of H-pyrrole nitrogens is 1. The average Bonchev–Trinajstić information content (AvgIpc) is 2.83. The molecule has 0 amide bonds. The number of aryl methyl sites for hydroxylation is 1. The molecular weight excluding hydrogens is 276 g/mol. The molecule has 0 aliphatic heterocycles. The van der Waals surface area contributed by atoms with Crippen molar-refractivity contribution in [2.24, 2.45) is 0 Å². The van der Waals surface area contributed by atoms with Gasteiger partial charge in [-0.2, -0.15) is 5.10 Å². The molecule has 0 saturated carbocycles. The highest BCUT2D eigenvalue weighted by Gasteiger charge is 2.15. The summed E-state index contributed by atoms with van der Waals surface area (Å²) in [5.41, 5.74) is 1.03. The highest BCUT2D eigenvalue weighted by molar-refractivity contribution is 7.71. The van der Waals surface area contributed by atoms with Gasteiger partial charge in [-0.1, -0.05) is 27.2 Å². The van der Waals surface area contributed by atoms with E-state index in [-0.39, 0.29) is 22.2 Å². The van der Waals surface area contributed by atoms with Crippen molar-refractivity contribution in [2.45, 2.75) is 46.1 Å². The Kier molecular flexibility index (Phi) is 4.49. The summed E-state index contributed by atoms with van der Waals surface area (Å²) >= 11 is 4.85. The summed E-state index contributed by atoms with van der Waals surface area (Å²) in [5, 5.41) is 10.9. The molecule has 2 aromatic rings. The highest BCUT2D eigenvalue weighted by Crippen LogP contribution is 2.17. The Hall–Kier alpha value is -1.76. The lowest BCUT2D eigenvalue weighted by Gasteiger charge is -2.10. The highest BCUT2D eigenvalue weighted by atomic mass is 32.1. The van der Waals surface area contributed by atoms with Gasteiger partial charge in [0, 0.05) is 6.54 Å². The molecule has 2 heterocycles. The number of aromatic amines is 1. The van der Waals surface area contributed by atoms with Crippen molar-refractivity contribution in [3.63, 3.8) is 0 Å². The van der Waals surface area contributed by atoms with E-state index in [0.29, 0.717) is 12.1 Å². The van der Waals surface area contributed by atoms with Gasteiger partial charge >= 0.3 is 0 Å². The zero-order valence-corrected chi connectivity index (χ0v) is 12.7. The van der Waals surface area contributed by atoms with E-state index in [0.717, 1.165) is 18.5 Å². The fourth-order valence-corrected chi connectivity index (χ4v) is 1.93. The van der Waals surface area contributed by atoms with Crippen LogP contribution in [0.5, 0.6) is 0 Å². The largest absolute Gasteiger partial charge is 0.409 e. The molecule has 0 aromatic carbocycles. The van der Waals surface area contributed by atoms with E-state index < -0.39 is 0 Å². The quantitative estimate of drug-likeness (QED) is 0.858. The van der Waals surface area contributed by atoms with Crippen LogP contribution in [0.25, 0.3) is 11.5 Å². The maximum absolute atomic E-state index is 12.4. The molecule has 0 radical (unpaired) electrons. The maximum Gasteiger partial charge on any atom is 0.284 e. The minimum Gasteiger partial charge on any atom is -0.409 e. The van der Waals surface area contributed by atoms with E-state index in [1.807, 2.05) is 13.8 Å². The first kappa shape index (κ1) is 14.6. The van der Waals surface area contributed by atoms with Crippen LogP contribution in [-0.4, -0.2) is 20.0 Å². The summed E-state index contributed by atoms with van der Waals surface area (Å²) in [6, 6.07) is 1.73. The number of aromatic nitrogens is 4. The molecule has 0 atom stereocenters. The number of nitrogens with zero attached hydrogens (tertiary/aromatic N) is 3. The van der Waals surface area contributed by atoms with Crippen LogP contribution in [0.1, 0.15) is 45.2 Å². The number of hydrogen-bond acceptors (Lipinski definition) is 5. The molecule has 1 N–H and O–H groups in total. The molecule has 2 rings (SSSR count). The van der Waals surface area contributed by atoms with Crippen molar-refractivity contribution < 1.29 is 4.42 Å². The molecule has 6 nitrogen and oxygen atoms in total. The van der Waals surface area contributed by atoms with Crippen LogP contribution in [0, 0.1) is 4.84 Å². The SMILES string of the molecule is CCCCn1nc(C(C)C)cc(-c2n[nH]c(=S)o2)c1=O. The van der Waals surface area contributed by atoms with Gasteiger partial charge in [-0.3, -0.25) is 4.79 Å². The summed E-state index contributed by atoms with van der Waals surface area (Å²) in [7, 11) is 0. The fraction of sp³-hybridized carbons (Fsp3) is 0.538. The summed E-state index contributed by atoms with van der Waals surface area (Å²) in [6.07, 6.45) is 1.90. The molecule has 0 bridgehead atoms. The van der Waals surface area contributed by atoms with Crippen LogP contribution in [0.2, 0.25) is 0 Å². The molecule has 0 aliphatic carbocycles. The Morgan fingerprint density at radius 3 is 2.80 bits per heavy atom. The van der Waals surface area contributed by atoms with Crippen LogP contribution in [-0.2, 0) is 6.54 Å². The lowest BCUT2D eigenvalue weighted by Crippen LogP contribution is -2.26. The van der Waals surface area contributed by atoms with Crippen LogP contribution in [0.3, 0.4) is 0 Å². The van der Waals surface area contributed by atoms with Gasteiger partial charge in [0.05, 0.1) is 5.69 Å². The van der Waals surface area contributed by atoms with Crippen LogP contribution in [0.15, 0.2) is 15.3 Å². The van der Waals surface area contributed by atoms with Gasteiger partial charge in [0.2, 0.25) is 0 Å². The zero-order valence-electron chi connectivity index (χ0n) is 11.8. The monoisotopic (exact) mass is 294 g/mol. The second kappa shape index (κ2) is 6.13. The second-order valence-electron chi connectivity index (χ2n) is 4.94. The van der Waals surface area contributed by atoms with Crippen molar-refractivity contribution in [1.82, 2.24) is 20.0 Å². The number of nitrogens with one attached hydrogen (secondary N) is 1. The first-order valence-electron chi connectivity index (χ1n) is 6.70.